The molecule has 5 N–H and O–H groups in total. The van der Waals surface area contributed by atoms with E-state index in [1.807, 2.05) is 6.07 Å². The first-order chi connectivity index (χ1) is 8.13. The predicted octanol–water partition coefficient (Wildman–Crippen LogP) is -0.684. The number of aldehydes is 1. The topological polar surface area (TPSA) is 111 Å². The van der Waals surface area contributed by atoms with Crippen LogP contribution >= 0.6 is 0 Å². The molecular formula is C11H14N4O2. The smallest absolute Gasteiger partial charge is 0.242 e. The highest BCUT2D eigenvalue weighted by molar-refractivity contribution is 5.85. The number of carbonyl (C=O) groups is 2. The van der Waals surface area contributed by atoms with E-state index in [0.717, 1.165) is 0 Å². The first-order valence-electron chi connectivity index (χ1n) is 4.98. The van der Waals surface area contributed by atoms with Gasteiger partial charge in [-0.05, 0) is 5.56 Å². The maximum Gasteiger partial charge on any atom is 0.242 e. The highest BCUT2D eigenvalue weighted by atomic mass is 16.2. The summed E-state index contributed by atoms with van der Waals surface area (Å²) in [6.07, 6.45) is 0.656. The zero-order valence-corrected chi connectivity index (χ0v) is 9.17. The minimum atomic E-state index is -0.683. The molecule has 90 valence electrons. The van der Waals surface area contributed by atoms with Gasteiger partial charge in [-0.15, -0.1) is 0 Å². The van der Waals surface area contributed by atoms with Crippen molar-refractivity contribution in [1.29, 1.82) is 0 Å². The fourth-order valence-electron chi connectivity index (χ4n) is 1.24. The largest absolute Gasteiger partial charge is 0.370 e. The Kier molecular flexibility index (Phi) is 4.68. The summed E-state index contributed by atoms with van der Waals surface area (Å²) in [6.45, 7) is -0.195. The van der Waals surface area contributed by atoms with Gasteiger partial charge in [-0.25, -0.2) is 4.99 Å². The fourth-order valence-corrected chi connectivity index (χ4v) is 1.24. The number of carbonyl (C=O) groups excluding carboxylic acids is 2. The molecule has 1 atom stereocenters. The summed E-state index contributed by atoms with van der Waals surface area (Å²) in [5, 5.41) is 2.51. The molecule has 0 spiro atoms. The second kappa shape index (κ2) is 6.26. The van der Waals surface area contributed by atoms with Gasteiger partial charge in [0, 0.05) is 0 Å². The van der Waals surface area contributed by atoms with Crippen LogP contribution in [0.5, 0.6) is 0 Å². The second-order valence-corrected chi connectivity index (χ2v) is 3.33. The molecule has 1 rings (SSSR count). The SMILES string of the molecule is NC(N)=NCC(=O)NC(C=O)c1ccccc1. The summed E-state index contributed by atoms with van der Waals surface area (Å²) in [4.78, 5) is 25.8. The average Bonchev–Trinajstić information content (AvgIpc) is 2.34. The Balaban J connectivity index is 2.62. The van der Waals surface area contributed by atoms with Crippen LogP contribution in [0.3, 0.4) is 0 Å². The van der Waals surface area contributed by atoms with E-state index in [2.05, 4.69) is 10.3 Å². The van der Waals surface area contributed by atoms with E-state index in [1.54, 1.807) is 24.3 Å². The molecule has 1 aromatic rings. The van der Waals surface area contributed by atoms with Crippen LogP contribution in [0.15, 0.2) is 35.3 Å². The molecule has 0 saturated carbocycles. The van der Waals surface area contributed by atoms with Gasteiger partial charge in [0.2, 0.25) is 5.91 Å². The summed E-state index contributed by atoms with van der Waals surface area (Å²) in [7, 11) is 0. The van der Waals surface area contributed by atoms with E-state index in [0.29, 0.717) is 11.8 Å². The molecule has 0 heterocycles. The molecule has 1 aromatic carbocycles. The Morgan fingerprint density at radius 3 is 2.53 bits per heavy atom. The number of nitrogens with zero attached hydrogens (tertiary/aromatic N) is 1. The van der Waals surface area contributed by atoms with Crippen molar-refractivity contribution in [3.8, 4) is 0 Å². The van der Waals surface area contributed by atoms with Gasteiger partial charge in [-0.3, -0.25) is 4.79 Å². The minimum absolute atomic E-state index is 0.164. The van der Waals surface area contributed by atoms with Crippen LogP contribution in [-0.4, -0.2) is 24.7 Å². The van der Waals surface area contributed by atoms with Crippen LogP contribution in [0, 0.1) is 0 Å². The van der Waals surface area contributed by atoms with E-state index in [-0.39, 0.29) is 12.5 Å². The lowest BCUT2D eigenvalue weighted by molar-refractivity contribution is -0.122. The van der Waals surface area contributed by atoms with Crippen LogP contribution in [0.4, 0.5) is 0 Å². The van der Waals surface area contributed by atoms with E-state index in [4.69, 9.17) is 11.5 Å². The predicted molar refractivity (Wildman–Crippen MR) is 64.1 cm³/mol. The summed E-state index contributed by atoms with van der Waals surface area (Å²) in [5.74, 6) is -0.582. The first-order valence-corrected chi connectivity index (χ1v) is 4.98. The molecule has 6 nitrogen and oxygen atoms in total. The van der Waals surface area contributed by atoms with Gasteiger partial charge in [0.1, 0.15) is 18.9 Å². The number of rotatable bonds is 5. The number of benzene rings is 1. The normalized spacial score (nSPS) is 11.3. The summed E-state index contributed by atoms with van der Waals surface area (Å²) >= 11 is 0. The number of hydrogen-bond donors (Lipinski definition) is 3. The van der Waals surface area contributed by atoms with Gasteiger partial charge >= 0.3 is 0 Å². The van der Waals surface area contributed by atoms with Crippen molar-refractivity contribution in [1.82, 2.24) is 5.32 Å². The van der Waals surface area contributed by atoms with Crippen molar-refractivity contribution < 1.29 is 9.59 Å². The Bertz CT molecular complexity index is 413. The highest BCUT2D eigenvalue weighted by Crippen LogP contribution is 2.09. The van der Waals surface area contributed by atoms with Crippen molar-refractivity contribution in [3.05, 3.63) is 35.9 Å². The number of nitrogens with two attached hydrogens (primary N) is 2. The van der Waals surface area contributed by atoms with E-state index in [9.17, 15) is 9.59 Å². The number of hydrogen-bond acceptors (Lipinski definition) is 3. The molecular weight excluding hydrogens is 220 g/mol. The standard InChI is InChI=1S/C11H14N4O2/c12-11(13)14-6-10(17)15-9(7-16)8-4-2-1-3-5-8/h1-5,7,9H,6H2,(H,15,17)(H4,12,13,14). The summed E-state index contributed by atoms with van der Waals surface area (Å²) in [6, 6.07) is 8.21. The summed E-state index contributed by atoms with van der Waals surface area (Å²) < 4.78 is 0. The third-order valence-electron chi connectivity index (χ3n) is 2.02. The van der Waals surface area contributed by atoms with Crippen LogP contribution in [-0.2, 0) is 9.59 Å². The molecule has 17 heavy (non-hydrogen) atoms. The van der Waals surface area contributed by atoms with Gasteiger partial charge in [0.25, 0.3) is 0 Å². The minimum Gasteiger partial charge on any atom is -0.370 e. The van der Waals surface area contributed by atoms with Gasteiger partial charge in [-0.1, -0.05) is 30.3 Å². The summed E-state index contributed by atoms with van der Waals surface area (Å²) in [5.41, 5.74) is 10.9. The monoisotopic (exact) mass is 234 g/mol. The molecule has 0 saturated heterocycles. The molecule has 0 aliphatic carbocycles. The number of amides is 1. The van der Waals surface area contributed by atoms with Crippen LogP contribution in [0.2, 0.25) is 0 Å². The first kappa shape index (κ1) is 12.7. The van der Waals surface area contributed by atoms with Crippen molar-refractivity contribution >= 4 is 18.2 Å². The van der Waals surface area contributed by atoms with Gasteiger partial charge < -0.3 is 21.6 Å². The molecule has 6 heteroatoms. The van der Waals surface area contributed by atoms with E-state index in [1.165, 1.54) is 0 Å². The Hall–Kier alpha value is -2.37. The molecule has 0 radical (unpaired) electrons. The third kappa shape index (κ3) is 4.33. The highest BCUT2D eigenvalue weighted by Gasteiger charge is 2.12. The lowest BCUT2D eigenvalue weighted by atomic mass is 10.1. The van der Waals surface area contributed by atoms with Gasteiger partial charge in [0.15, 0.2) is 5.96 Å². The Labute approximate surface area is 98.7 Å². The van der Waals surface area contributed by atoms with Crippen molar-refractivity contribution in [2.24, 2.45) is 16.5 Å². The molecule has 0 fully saturated rings. The molecule has 1 unspecified atom stereocenters. The van der Waals surface area contributed by atoms with E-state index >= 15 is 0 Å². The molecule has 0 aliphatic heterocycles. The van der Waals surface area contributed by atoms with Crippen LogP contribution in [0.1, 0.15) is 11.6 Å². The third-order valence-corrected chi connectivity index (χ3v) is 2.02. The van der Waals surface area contributed by atoms with E-state index < -0.39 is 11.9 Å². The number of guanidine groups is 1. The lowest BCUT2D eigenvalue weighted by Crippen LogP contribution is -2.33. The maximum absolute atomic E-state index is 11.4. The average molecular weight is 234 g/mol. The molecule has 0 bridgehead atoms. The van der Waals surface area contributed by atoms with Gasteiger partial charge in [-0.2, -0.15) is 0 Å². The number of aliphatic imine (C=N–C) groups is 1. The number of nitrogens with one attached hydrogen (secondary N) is 1. The fraction of sp³-hybridized carbons (Fsp3) is 0.182. The Morgan fingerprint density at radius 1 is 1.35 bits per heavy atom. The van der Waals surface area contributed by atoms with Crippen LogP contribution in [0.25, 0.3) is 0 Å². The Morgan fingerprint density at radius 2 is 2.00 bits per heavy atom. The molecule has 1 amide bonds. The second-order valence-electron chi connectivity index (χ2n) is 3.33. The zero-order chi connectivity index (χ0) is 12.7. The quantitative estimate of drug-likeness (QED) is 0.356. The molecule has 0 aliphatic rings. The van der Waals surface area contributed by atoms with Crippen LogP contribution < -0.4 is 16.8 Å². The van der Waals surface area contributed by atoms with Crippen molar-refractivity contribution in [2.75, 3.05) is 6.54 Å². The van der Waals surface area contributed by atoms with Crippen molar-refractivity contribution in [3.63, 3.8) is 0 Å². The van der Waals surface area contributed by atoms with Crippen molar-refractivity contribution in [2.45, 2.75) is 6.04 Å². The molecule has 0 aromatic heterocycles. The van der Waals surface area contributed by atoms with Gasteiger partial charge in [0.05, 0.1) is 0 Å². The zero-order valence-electron chi connectivity index (χ0n) is 9.17. The maximum atomic E-state index is 11.4. The lowest BCUT2D eigenvalue weighted by Gasteiger charge is -2.11.